The molecule has 0 spiro atoms. The van der Waals surface area contributed by atoms with Crippen LogP contribution in [-0.2, 0) is 32.1 Å². The van der Waals surface area contributed by atoms with Crippen molar-refractivity contribution >= 4 is 11.8 Å². The fourth-order valence-electron chi connectivity index (χ4n) is 6.37. The van der Waals surface area contributed by atoms with Gasteiger partial charge in [-0.25, -0.2) is 0 Å². The summed E-state index contributed by atoms with van der Waals surface area (Å²) in [5.41, 5.74) is -1.89. The van der Waals surface area contributed by atoms with Gasteiger partial charge in [-0.05, 0) is 23.3 Å². The molecule has 1 N–H and O–H groups in total. The summed E-state index contributed by atoms with van der Waals surface area (Å²) in [5.74, 6) is -2.42. The number of ether oxygens (including phenoxy) is 5. The van der Waals surface area contributed by atoms with Gasteiger partial charge in [0.15, 0.2) is 11.4 Å². The van der Waals surface area contributed by atoms with E-state index in [-0.39, 0.29) is 23.7 Å². The van der Waals surface area contributed by atoms with Crippen LogP contribution in [0.25, 0.3) is 0 Å². The van der Waals surface area contributed by atoms with Gasteiger partial charge in [0.05, 0.1) is 32.8 Å². The molecule has 1 heterocycles. The molecule has 8 heteroatoms. The van der Waals surface area contributed by atoms with Gasteiger partial charge in [-0.1, -0.05) is 72.8 Å². The number of carbonyl (C=O) groups is 2. The topological polar surface area (TPSA) is 101 Å². The lowest BCUT2D eigenvalue weighted by Crippen LogP contribution is -2.50. The third-order valence-corrected chi connectivity index (χ3v) is 8.22. The van der Waals surface area contributed by atoms with E-state index in [9.17, 15) is 14.7 Å². The molecular weight excluding hydrogens is 536 g/mol. The minimum absolute atomic E-state index is 0.130. The lowest BCUT2D eigenvalue weighted by molar-refractivity contribution is -0.155. The molecule has 4 aromatic carbocycles. The first-order valence-electron chi connectivity index (χ1n) is 13.5. The van der Waals surface area contributed by atoms with Gasteiger partial charge in [0, 0.05) is 17.7 Å². The molecule has 4 atom stereocenters. The number of esters is 1. The van der Waals surface area contributed by atoms with E-state index < -0.39 is 34.8 Å². The highest BCUT2D eigenvalue weighted by Gasteiger charge is 2.78. The summed E-state index contributed by atoms with van der Waals surface area (Å²) in [6, 6.07) is 28.9. The molecule has 2 aliphatic rings. The highest BCUT2D eigenvalue weighted by atomic mass is 16.5. The Morgan fingerprint density at radius 2 is 1.52 bits per heavy atom. The molecule has 0 radical (unpaired) electrons. The second-order valence-corrected chi connectivity index (χ2v) is 10.3. The third-order valence-electron chi connectivity index (χ3n) is 8.22. The molecule has 4 aromatic rings. The summed E-state index contributed by atoms with van der Waals surface area (Å²) in [6.45, 7) is 0.284. The second-order valence-electron chi connectivity index (χ2n) is 10.3. The first-order valence-corrected chi connectivity index (χ1v) is 13.5. The maximum atomic E-state index is 14.5. The molecule has 0 aromatic heterocycles. The van der Waals surface area contributed by atoms with Crippen LogP contribution in [0.1, 0.15) is 28.2 Å². The number of rotatable bonds is 8. The standard InChI is InChI=1S/C34H30O8/c1-38-24-16-14-23(15-17-24)34-29(22-12-8-5-9-13-22)28(32(36)40-3)31(35)33(34,37)30-26(39-2)18-25(19-27(30)42-34)41-20-21-10-6-4-7-11-21/h4-19,28-29,37H,20H2,1-3H3. The van der Waals surface area contributed by atoms with Gasteiger partial charge >= 0.3 is 5.97 Å². The molecule has 4 unspecified atom stereocenters. The Balaban J connectivity index is 1.58. The van der Waals surface area contributed by atoms with Crippen LogP contribution in [0, 0.1) is 5.92 Å². The summed E-state index contributed by atoms with van der Waals surface area (Å²) >= 11 is 0. The molecule has 0 saturated heterocycles. The van der Waals surface area contributed by atoms with Gasteiger partial charge in [0.2, 0.25) is 5.60 Å². The predicted molar refractivity (Wildman–Crippen MR) is 153 cm³/mol. The van der Waals surface area contributed by atoms with Gasteiger partial charge in [0.1, 0.15) is 35.5 Å². The molecule has 8 nitrogen and oxygen atoms in total. The van der Waals surface area contributed by atoms with Crippen molar-refractivity contribution < 1.29 is 38.4 Å². The van der Waals surface area contributed by atoms with Crippen LogP contribution in [0.2, 0.25) is 0 Å². The van der Waals surface area contributed by atoms with Crippen LogP contribution in [0.4, 0.5) is 0 Å². The smallest absolute Gasteiger partial charge is 0.317 e. The third kappa shape index (κ3) is 3.94. The summed E-state index contributed by atoms with van der Waals surface area (Å²) in [4.78, 5) is 27.8. The second kappa shape index (κ2) is 10.5. The Bertz CT molecular complexity index is 1620. The number of hydrogen-bond acceptors (Lipinski definition) is 8. The van der Waals surface area contributed by atoms with Crippen molar-refractivity contribution in [3.63, 3.8) is 0 Å². The number of fused-ring (bicyclic) bond motifs is 3. The average molecular weight is 567 g/mol. The van der Waals surface area contributed by atoms with E-state index in [0.717, 1.165) is 5.56 Å². The maximum Gasteiger partial charge on any atom is 0.317 e. The SMILES string of the molecule is COC(=O)C1C(=O)C2(O)c3c(OC)cc(OCc4ccccc4)cc3OC2(c2ccc(OC)cc2)C1c1ccccc1. The van der Waals surface area contributed by atoms with Crippen molar-refractivity contribution in [3.8, 4) is 23.0 Å². The summed E-state index contributed by atoms with van der Waals surface area (Å²) in [7, 11) is 4.22. The maximum absolute atomic E-state index is 14.5. The van der Waals surface area contributed by atoms with Crippen LogP contribution < -0.4 is 18.9 Å². The quantitative estimate of drug-likeness (QED) is 0.237. The minimum Gasteiger partial charge on any atom is -0.497 e. The van der Waals surface area contributed by atoms with Crippen LogP contribution in [0.15, 0.2) is 97.1 Å². The van der Waals surface area contributed by atoms with Crippen LogP contribution in [-0.4, -0.2) is 38.2 Å². The number of aliphatic hydroxyl groups is 1. The highest BCUT2D eigenvalue weighted by Crippen LogP contribution is 2.69. The van der Waals surface area contributed by atoms with Crippen molar-refractivity contribution in [2.75, 3.05) is 21.3 Å². The molecule has 1 saturated carbocycles. The fourth-order valence-corrected chi connectivity index (χ4v) is 6.37. The fraction of sp³-hybridized carbons (Fsp3) is 0.235. The van der Waals surface area contributed by atoms with Crippen molar-refractivity contribution in [1.29, 1.82) is 0 Å². The molecule has 1 aliphatic heterocycles. The number of methoxy groups -OCH3 is 3. The lowest BCUT2D eigenvalue weighted by atomic mass is 9.70. The largest absolute Gasteiger partial charge is 0.497 e. The van der Waals surface area contributed by atoms with Crippen molar-refractivity contribution in [2.45, 2.75) is 23.7 Å². The molecule has 6 rings (SSSR count). The number of hydrogen-bond donors (Lipinski definition) is 1. The monoisotopic (exact) mass is 566 g/mol. The number of benzene rings is 4. The Labute approximate surface area is 243 Å². The Kier molecular flexibility index (Phi) is 6.86. The normalized spacial score (nSPS) is 23.9. The zero-order chi connectivity index (χ0) is 29.5. The minimum atomic E-state index is -2.32. The van der Waals surface area contributed by atoms with Crippen molar-refractivity contribution in [2.24, 2.45) is 5.92 Å². The first kappa shape index (κ1) is 27.4. The highest BCUT2D eigenvalue weighted by molar-refractivity contribution is 6.10. The van der Waals surface area contributed by atoms with Gasteiger partial charge in [-0.2, -0.15) is 0 Å². The van der Waals surface area contributed by atoms with E-state index in [4.69, 9.17) is 23.7 Å². The Morgan fingerprint density at radius 3 is 2.14 bits per heavy atom. The van der Waals surface area contributed by atoms with E-state index in [0.29, 0.717) is 22.6 Å². The van der Waals surface area contributed by atoms with Crippen LogP contribution in [0.3, 0.4) is 0 Å². The van der Waals surface area contributed by atoms with Crippen LogP contribution >= 0.6 is 0 Å². The first-order chi connectivity index (χ1) is 20.4. The van der Waals surface area contributed by atoms with Crippen molar-refractivity contribution in [1.82, 2.24) is 0 Å². The van der Waals surface area contributed by atoms with Gasteiger partial charge < -0.3 is 28.8 Å². The summed E-state index contributed by atoms with van der Waals surface area (Å²) in [6.07, 6.45) is 0. The van der Waals surface area contributed by atoms with Gasteiger partial charge in [-0.15, -0.1) is 0 Å². The molecule has 0 bridgehead atoms. The molecule has 214 valence electrons. The zero-order valence-electron chi connectivity index (χ0n) is 23.4. The summed E-state index contributed by atoms with van der Waals surface area (Å²) < 4.78 is 29.1. The number of Topliss-reactive ketones (excluding diaryl/α,β-unsaturated/α-hetero) is 1. The predicted octanol–water partition coefficient (Wildman–Crippen LogP) is 4.91. The number of carbonyl (C=O) groups excluding carboxylic acids is 2. The van der Waals surface area contributed by atoms with E-state index in [1.807, 2.05) is 60.7 Å². The molecular formula is C34H30O8. The van der Waals surface area contributed by atoms with E-state index in [2.05, 4.69) is 0 Å². The lowest BCUT2D eigenvalue weighted by Gasteiger charge is -2.39. The van der Waals surface area contributed by atoms with E-state index in [1.54, 1.807) is 43.5 Å². The Hall–Kier alpha value is -4.82. The molecule has 0 amide bonds. The molecule has 1 fully saturated rings. The molecule has 1 aliphatic carbocycles. The zero-order valence-corrected chi connectivity index (χ0v) is 23.4. The van der Waals surface area contributed by atoms with Crippen LogP contribution in [0.5, 0.6) is 23.0 Å². The number of ketones is 1. The van der Waals surface area contributed by atoms with Gasteiger partial charge in [0.25, 0.3) is 0 Å². The van der Waals surface area contributed by atoms with E-state index in [1.165, 1.54) is 14.2 Å². The average Bonchev–Trinajstić information content (AvgIpc) is 3.42. The van der Waals surface area contributed by atoms with Gasteiger partial charge in [-0.3, -0.25) is 9.59 Å². The van der Waals surface area contributed by atoms with E-state index >= 15 is 0 Å². The Morgan fingerprint density at radius 1 is 0.857 bits per heavy atom. The molecule has 42 heavy (non-hydrogen) atoms. The summed E-state index contributed by atoms with van der Waals surface area (Å²) in [5, 5.41) is 12.8. The van der Waals surface area contributed by atoms with Crippen molar-refractivity contribution in [3.05, 3.63) is 119 Å².